The van der Waals surface area contributed by atoms with Crippen LogP contribution in [0.1, 0.15) is 24.8 Å². The molecule has 0 aliphatic carbocycles. The molecule has 0 bridgehead atoms. The predicted octanol–water partition coefficient (Wildman–Crippen LogP) is 2.91. The quantitative estimate of drug-likeness (QED) is 0.591. The third kappa shape index (κ3) is 5.04. The van der Waals surface area contributed by atoms with E-state index < -0.39 is 22.0 Å². The summed E-state index contributed by atoms with van der Waals surface area (Å²) >= 11 is 0. The number of nitrogens with one attached hydrogen (secondary N) is 1. The first-order valence-corrected chi connectivity index (χ1v) is 11.4. The van der Waals surface area contributed by atoms with Crippen LogP contribution in [0, 0.1) is 6.92 Å². The number of carbonyl (C=O) groups excluding carboxylic acids is 1. The number of hydrogen-bond acceptors (Lipinski definition) is 6. The van der Waals surface area contributed by atoms with Crippen LogP contribution in [0.15, 0.2) is 59.1 Å². The van der Waals surface area contributed by atoms with Gasteiger partial charge in [-0.25, -0.2) is 8.42 Å². The van der Waals surface area contributed by atoms with Crippen LogP contribution in [-0.2, 0) is 21.4 Å². The summed E-state index contributed by atoms with van der Waals surface area (Å²) in [5, 5.41) is 6.62. The van der Waals surface area contributed by atoms with Crippen LogP contribution in [0.25, 0.3) is 11.4 Å². The third-order valence-corrected chi connectivity index (χ3v) is 5.71. The maximum Gasteiger partial charge on any atom is 0.246 e. The lowest BCUT2D eigenvalue weighted by Gasteiger charge is -2.30. The first kappa shape index (κ1) is 21.5. The first-order valence-electron chi connectivity index (χ1n) is 9.51. The zero-order valence-electron chi connectivity index (χ0n) is 17.1. The summed E-state index contributed by atoms with van der Waals surface area (Å²) in [6.07, 6.45) is 1.39. The van der Waals surface area contributed by atoms with Crippen molar-refractivity contribution in [3.8, 4) is 11.4 Å². The average Bonchev–Trinajstić information content (AvgIpc) is 3.20. The predicted molar refractivity (Wildman–Crippen MR) is 114 cm³/mol. The second kappa shape index (κ2) is 9.08. The van der Waals surface area contributed by atoms with Gasteiger partial charge in [-0.2, -0.15) is 4.98 Å². The van der Waals surface area contributed by atoms with E-state index in [4.69, 9.17) is 4.52 Å². The fourth-order valence-corrected chi connectivity index (χ4v) is 4.28. The normalized spacial score (nSPS) is 12.4. The number of hydrogen-bond donors (Lipinski definition) is 1. The van der Waals surface area contributed by atoms with Gasteiger partial charge in [0, 0.05) is 5.56 Å². The number of aromatic nitrogens is 2. The standard InChI is InChI=1S/C21H24N4O4S/c1-4-18(25(30(3,27)28)17-12-10-15(2)11-13-17)21(26)22-14-19-23-20(24-29-19)16-8-6-5-7-9-16/h5-13,18H,4,14H2,1-3H3,(H,22,26)/t18-/m1/s1. The van der Waals surface area contributed by atoms with Crippen LogP contribution < -0.4 is 9.62 Å². The van der Waals surface area contributed by atoms with Crippen LogP contribution >= 0.6 is 0 Å². The molecule has 1 N–H and O–H groups in total. The Bertz CT molecular complexity index is 1100. The van der Waals surface area contributed by atoms with Crippen molar-refractivity contribution in [1.82, 2.24) is 15.5 Å². The summed E-state index contributed by atoms with van der Waals surface area (Å²) in [6, 6.07) is 15.4. The van der Waals surface area contributed by atoms with Crippen molar-refractivity contribution in [2.45, 2.75) is 32.9 Å². The summed E-state index contributed by atoms with van der Waals surface area (Å²) in [4.78, 5) is 17.1. The Kier molecular flexibility index (Phi) is 6.51. The Morgan fingerprint density at radius 1 is 1.13 bits per heavy atom. The highest BCUT2D eigenvalue weighted by molar-refractivity contribution is 7.92. The van der Waals surface area contributed by atoms with Gasteiger partial charge in [-0.15, -0.1) is 0 Å². The lowest BCUT2D eigenvalue weighted by atomic mass is 10.1. The Balaban J connectivity index is 1.75. The number of aryl methyl sites for hydroxylation is 1. The van der Waals surface area contributed by atoms with E-state index >= 15 is 0 Å². The molecule has 1 amide bonds. The maximum absolute atomic E-state index is 12.8. The fraction of sp³-hybridized carbons (Fsp3) is 0.286. The summed E-state index contributed by atoms with van der Waals surface area (Å²) in [5.41, 5.74) is 2.23. The molecule has 1 atom stereocenters. The van der Waals surface area contributed by atoms with Gasteiger partial charge in [0.15, 0.2) is 0 Å². The molecular weight excluding hydrogens is 404 g/mol. The second-order valence-corrected chi connectivity index (χ2v) is 8.77. The van der Waals surface area contributed by atoms with Gasteiger partial charge < -0.3 is 9.84 Å². The molecule has 158 valence electrons. The number of carbonyl (C=O) groups is 1. The monoisotopic (exact) mass is 428 g/mol. The second-order valence-electron chi connectivity index (χ2n) is 6.91. The molecule has 0 aliphatic heterocycles. The highest BCUT2D eigenvalue weighted by atomic mass is 32.2. The molecule has 0 radical (unpaired) electrons. The van der Waals surface area contributed by atoms with Gasteiger partial charge in [-0.1, -0.05) is 60.1 Å². The molecule has 0 fully saturated rings. The van der Waals surface area contributed by atoms with Gasteiger partial charge >= 0.3 is 0 Å². The molecule has 0 spiro atoms. The van der Waals surface area contributed by atoms with E-state index in [0.717, 1.165) is 21.7 Å². The molecule has 2 aromatic carbocycles. The van der Waals surface area contributed by atoms with Gasteiger partial charge in [0.1, 0.15) is 6.04 Å². The fourth-order valence-electron chi connectivity index (χ4n) is 3.06. The largest absolute Gasteiger partial charge is 0.345 e. The number of benzene rings is 2. The van der Waals surface area contributed by atoms with Gasteiger partial charge in [-0.05, 0) is 25.5 Å². The molecule has 0 unspecified atom stereocenters. The van der Waals surface area contributed by atoms with Gasteiger partial charge in [0.05, 0.1) is 18.5 Å². The maximum atomic E-state index is 12.8. The minimum atomic E-state index is -3.68. The number of nitrogens with zero attached hydrogens (tertiary/aromatic N) is 3. The minimum Gasteiger partial charge on any atom is -0.345 e. The lowest BCUT2D eigenvalue weighted by molar-refractivity contribution is -0.122. The number of rotatable bonds is 8. The summed E-state index contributed by atoms with van der Waals surface area (Å²) in [5.74, 6) is 0.213. The van der Waals surface area contributed by atoms with Crippen LogP contribution in [0.3, 0.4) is 0 Å². The molecular formula is C21H24N4O4S. The number of sulfonamides is 1. The Labute approximate surface area is 176 Å². The van der Waals surface area contributed by atoms with Crippen LogP contribution in [-0.4, -0.2) is 36.8 Å². The first-order chi connectivity index (χ1) is 14.3. The van der Waals surface area contributed by atoms with Crippen LogP contribution in [0.2, 0.25) is 0 Å². The van der Waals surface area contributed by atoms with Gasteiger partial charge in [0.2, 0.25) is 27.6 Å². The minimum absolute atomic E-state index is 0.000661. The molecule has 3 aromatic rings. The Hall–Kier alpha value is -3.20. The Morgan fingerprint density at radius 3 is 2.40 bits per heavy atom. The molecule has 8 nitrogen and oxygen atoms in total. The van der Waals surface area contributed by atoms with E-state index in [1.165, 1.54) is 0 Å². The Morgan fingerprint density at radius 2 is 1.80 bits per heavy atom. The van der Waals surface area contributed by atoms with E-state index in [9.17, 15) is 13.2 Å². The molecule has 1 aromatic heterocycles. The van der Waals surface area contributed by atoms with Crippen molar-refractivity contribution < 1.29 is 17.7 Å². The van der Waals surface area contributed by atoms with Crippen molar-refractivity contribution in [2.24, 2.45) is 0 Å². The van der Waals surface area contributed by atoms with E-state index in [0.29, 0.717) is 17.9 Å². The number of amides is 1. The van der Waals surface area contributed by atoms with Crippen molar-refractivity contribution in [3.63, 3.8) is 0 Å². The molecule has 0 aliphatic rings. The SMILES string of the molecule is CC[C@H](C(=O)NCc1nc(-c2ccccc2)no1)N(c1ccc(C)cc1)S(C)(=O)=O. The zero-order valence-corrected chi connectivity index (χ0v) is 17.9. The highest BCUT2D eigenvalue weighted by Gasteiger charge is 2.31. The zero-order chi connectivity index (χ0) is 21.7. The van der Waals surface area contributed by atoms with E-state index in [1.54, 1.807) is 19.1 Å². The van der Waals surface area contributed by atoms with E-state index in [2.05, 4.69) is 15.5 Å². The van der Waals surface area contributed by atoms with E-state index in [1.807, 2.05) is 49.4 Å². The molecule has 0 saturated carbocycles. The van der Waals surface area contributed by atoms with Gasteiger partial charge in [-0.3, -0.25) is 9.10 Å². The molecule has 0 saturated heterocycles. The molecule has 1 heterocycles. The molecule has 3 rings (SSSR count). The highest BCUT2D eigenvalue weighted by Crippen LogP contribution is 2.23. The smallest absolute Gasteiger partial charge is 0.246 e. The lowest BCUT2D eigenvalue weighted by Crippen LogP contribution is -2.49. The van der Waals surface area contributed by atoms with Crippen molar-refractivity contribution in [3.05, 3.63) is 66.1 Å². The molecule has 9 heteroatoms. The van der Waals surface area contributed by atoms with E-state index in [-0.39, 0.29) is 12.4 Å². The van der Waals surface area contributed by atoms with Crippen molar-refractivity contribution in [1.29, 1.82) is 0 Å². The summed E-state index contributed by atoms with van der Waals surface area (Å²) in [7, 11) is -3.68. The molecule has 30 heavy (non-hydrogen) atoms. The van der Waals surface area contributed by atoms with Crippen molar-refractivity contribution in [2.75, 3.05) is 10.6 Å². The number of anilines is 1. The average molecular weight is 429 g/mol. The van der Waals surface area contributed by atoms with Gasteiger partial charge in [0.25, 0.3) is 0 Å². The topological polar surface area (TPSA) is 105 Å². The third-order valence-electron chi connectivity index (χ3n) is 4.53. The van der Waals surface area contributed by atoms with Crippen molar-refractivity contribution >= 4 is 21.6 Å². The summed E-state index contributed by atoms with van der Waals surface area (Å²) in [6.45, 7) is 3.67. The van der Waals surface area contributed by atoms with Crippen LogP contribution in [0.4, 0.5) is 5.69 Å². The summed E-state index contributed by atoms with van der Waals surface area (Å²) < 4.78 is 31.3. The van der Waals surface area contributed by atoms with Crippen LogP contribution in [0.5, 0.6) is 0 Å².